The molecule has 116 valence electrons. The van der Waals surface area contributed by atoms with Crippen molar-refractivity contribution in [2.75, 3.05) is 13.1 Å². The van der Waals surface area contributed by atoms with Crippen LogP contribution in [0.2, 0.25) is 0 Å². The summed E-state index contributed by atoms with van der Waals surface area (Å²) in [6, 6.07) is 7.71. The quantitative estimate of drug-likeness (QED) is 0.346. The van der Waals surface area contributed by atoms with Gasteiger partial charge in [-0.2, -0.15) is 0 Å². The molecule has 5 N–H and O–H groups in total. The van der Waals surface area contributed by atoms with E-state index in [1.807, 2.05) is 29.2 Å². The van der Waals surface area contributed by atoms with Crippen LogP contribution < -0.4 is 17.0 Å². The highest BCUT2D eigenvalue weighted by molar-refractivity contribution is 5.77. The fourth-order valence-corrected chi connectivity index (χ4v) is 2.07. The molecule has 0 aliphatic heterocycles. The molecule has 0 aliphatic carbocycles. The number of nitrogens with two attached hydrogens (primary N) is 2. The first-order chi connectivity index (χ1) is 10.0. The van der Waals surface area contributed by atoms with Crippen molar-refractivity contribution in [1.29, 1.82) is 0 Å². The summed E-state index contributed by atoms with van der Waals surface area (Å²) in [4.78, 5) is 24.3. The minimum absolute atomic E-state index is 0.221. The molecule has 0 fully saturated rings. The lowest BCUT2D eigenvalue weighted by molar-refractivity contribution is -0.120. The highest BCUT2D eigenvalue weighted by Crippen LogP contribution is 2.09. The molecular weight excluding hydrogens is 268 g/mol. The van der Waals surface area contributed by atoms with E-state index in [2.05, 4.69) is 12.3 Å². The zero-order valence-corrected chi connectivity index (χ0v) is 12.5. The molecule has 2 amide bonds. The number of hydrazine groups is 1. The van der Waals surface area contributed by atoms with Crippen molar-refractivity contribution >= 4 is 11.8 Å². The van der Waals surface area contributed by atoms with Crippen LogP contribution in [0, 0.1) is 0 Å². The molecule has 6 nitrogen and oxygen atoms in total. The maximum absolute atomic E-state index is 11.2. The molecule has 0 aliphatic rings. The van der Waals surface area contributed by atoms with Crippen LogP contribution in [0.3, 0.4) is 0 Å². The summed E-state index contributed by atoms with van der Waals surface area (Å²) in [6.07, 6.45) is 2.36. The number of benzene rings is 1. The van der Waals surface area contributed by atoms with Crippen molar-refractivity contribution < 1.29 is 9.59 Å². The molecule has 0 saturated heterocycles. The Hall–Kier alpha value is -1.92. The van der Waals surface area contributed by atoms with E-state index < -0.39 is 0 Å². The van der Waals surface area contributed by atoms with E-state index in [0.717, 1.165) is 30.5 Å². The summed E-state index contributed by atoms with van der Waals surface area (Å²) in [6.45, 7) is 3.89. The minimum Gasteiger partial charge on any atom is -0.369 e. The number of nitrogens with zero attached hydrogens (tertiary/aromatic N) is 1. The van der Waals surface area contributed by atoms with Gasteiger partial charge in [-0.05, 0) is 24.1 Å². The molecular formula is C15H24N4O2. The zero-order chi connectivity index (χ0) is 15.7. The molecule has 1 aromatic carbocycles. The van der Waals surface area contributed by atoms with Gasteiger partial charge in [-0.3, -0.25) is 19.9 Å². The van der Waals surface area contributed by atoms with E-state index in [4.69, 9.17) is 11.6 Å². The van der Waals surface area contributed by atoms with Crippen LogP contribution in [0.15, 0.2) is 24.3 Å². The minimum atomic E-state index is -0.317. The maximum atomic E-state index is 11.2. The highest BCUT2D eigenvalue weighted by Gasteiger charge is 2.09. The van der Waals surface area contributed by atoms with Crippen LogP contribution in [0.4, 0.5) is 0 Å². The first-order valence-corrected chi connectivity index (χ1v) is 7.13. The van der Waals surface area contributed by atoms with Gasteiger partial charge < -0.3 is 5.73 Å². The van der Waals surface area contributed by atoms with Gasteiger partial charge in [0, 0.05) is 6.54 Å². The Morgan fingerprint density at radius 3 is 2.33 bits per heavy atom. The average Bonchev–Trinajstić information content (AvgIpc) is 2.46. The van der Waals surface area contributed by atoms with E-state index in [1.54, 1.807) is 0 Å². The monoisotopic (exact) mass is 292 g/mol. The van der Waals surface area contributed by atoms with Gasteiger partial charge in [-0.1, -0.05) is 37.6 Å². The normalized spacial score (nSPS) is 10.6. The van der Waals surface area contributed by atoms with E-state index in [0.29, 0.717) is 6.54 Å². The Kier molecular flexibility index (Phi) is 7.42. The second kappa shape index (κ2) is 9.10. The fourth-order valence-electron chi connectivity index (χ4n) is 2.07. The third kappa shape index (κ3) is 6.87. The third-order valence-electron chi connectivity index (χ3n) is 3.16. The Morgan fingerprint density at radius 2 is 1.81 bits per heavy atom. The predicted molar refractivity (Wildman–Crippen MR) is 81.9 cm³/mol. The molecule has 6 heteroatoms. The summed E-state index contributed by atoms with van der Waals surface area (Å²) < 4.78 is 0. The summed E-state index contributed by atoms with van der Waals surface area (Å²) in [5, 5.41) is 0. The van der Waals surface area contributed by atoms with E-state index in [1.165, 1.54) is 0 Å². The van der Waals surface area contributed by atoms with Crippen molar-refractivity contribution in [3.8, 4) is 0 Å². The van der Waals surface area contributed by atoms with Gasteiger partial charge in [0.25, 0.3) is 0 Å². The lowest BCUT2D eigenvalue weighted by atomic mass is 10.1. The summed E-state index contributed by atoms with van der Waals surface area (Å²) in [5.41, 5.74) is 9.37. The molecule has 0 bridgehead atoms. The van der Waals surface area contributed by atoms with Crippen molar-refractivity contribution in [2.45, 2.75) is 32.7 Å². The average molecular weight is 292 g/mol. The highest BCUT2D eigenvalue weighted by atomic mass is 16.2. The lowest BCUT2D eigenvalue weighted by Crippen LogP contribution is -2.34. The smallest absolute Gasteiger partial charge is 0.238 e. The van der Waals surface area contributed by atoms with Crippen molar-refractivity contribution in [2.24, 2.45) is 11.6 Å². The Balaban J connectivity index is 2.61. The Morgan fingerprint density at radius 1 is 1.19 bits per heavy atom. The lowest BCUT2D eigenvalue weighted by Gasteiger charge is -2.20. The zero-order valence-electron chi connectivity index (χ0n) is 12.5. The standard InChI is InChI=1S/C15H24N4O2/c1-2-3-8-19(11-14(16)20)10-13-6-4-12(5-7-13)9-15(21)18-17/h4-7H,2-3,8-11,17H2,1H3,(H2,16,20)(H,18,21). The van der Waals surface area contributed by atoms with Crippen molar-refractivity contribution in [3.63, 3.8) is 0 Å². The third-order valence-corrected chi connectivity index (χ3v) is 3.16. The van der Waals surface area contributed by atoms with Crippen LogP contribution in [-0.2, 0) is 22.6 Å². The van der Waals surface area contributed by atoms with Gasteiger partial charge in [-0.15, -0.1) is 0 Å². The number of carbonyl (C=O) groups excluding carboxylic acids is 2. The van der Waals surface area contributed by atoms with Crippen LogP contribution in [0.5, 0.6) is 0 Å². The second-order valence-corrected chi connectivity index (χ2v) is 5.09. The number of primary amides is 1. The largest absolute Gasteiger partial charge is 0.369 e. The number of amides is 2. The molecule has 21 heavy (non-hydrogen) atoms. The number of rotatable bonds is 9. The molecule has 1 rings (SSSR count). The van der Waals surface area contributed by atoms with Crippen LogP contribution >= 0.6 is 0 Å². The summed E-state index contributed by atoms with van der Waals surface area (Å²) in [7, 11) is 0. The second-order valence-electron chi connectivity index (χ2n) is 5.09. The molecule has 0 spiro atoms. The number of hydrogen-bond acceptors (Lipinski definition) is 4. The van der Waals surface area contributed by atoms with Gasteiger partial charge in [0.05, 0.1) is 13.0 Å². The van der Waals surface area contributed by atoms with Gasteiger partial charge in [0.15, 0.2) is 0 Å². The summed E-state index contributed by atoms with van der Waals surface area (Å²) in [5.74, 6) is 4.52. The molecule has 0 atom stereocenters. The molecule has 0 aromatic heterocycles. The van der Waals surface area contributed by atoms with E-state index in [9.17, 15) is 9.59 Å². The Labute approximate surface area is 125 Å². The molecule has 0 radical (unpaired) electrons. The maximum Gasteiger partial charge on any atom is 0.238 e. The molecule has 0 saturated carbocycles. The fraction of sp³-hybridized carbons (Fsp3) is 0.467. The Bertz CT molecular complexity index is 459. The topological polar surface area (TPSA) is 101 Å². The van der Waals surface area contributed by atoms with Gasteiger partial charge >= 0.3 is 0 Å². The first kappa shape index (κ1) is 17.1. The number of nitrogens with one attached hydrogen (secondary N) is 1. The van der Waals surface area contributed by atoms with Crippen molar-refractivity contribution in [1.82, 2.24) is 10.3 Å². The first-order valence-electron chi connectivity index (χ1n) is 7.13. The molecule has 0 unspecified atom stereocenters. The van der Waals surface area contributed by atoms with Gasteiger partial charge in [0.1, 0.15) is 0 Å². The van der Waals surface area contributed by atoms with Crippen LogP contribution in [0.1, 0.15) is 30.9 Å². The summed E-state index contributed by atoms with van der Waals surface area (Å²) >= 11 is 0. The number of hydrogen-bond donors (Lipinski definition) is 3. The van der Waals surface area contributed by atoms with Crippen LogP contribution in [-0.4, -0.2) is 29.8 Å². The number of carbonyl (C=O) groups is 2. The van der Waals surface area contributed by atoms with E-state index >= 15 is 0 Å². The van der Waals surface area contributed by atoms with Gasteiger partial charge in [0.2, 0.25) is 11.8 Å². The van der Waals surface area contributed by atoms with Gasteiger partial charge in [-0.25, -0.2) is 5.84 Å². The van der Waals surface area contributed by atoms with Crippen molar-refractivity contribution in [3.05, 3.63) is 35.4 Å². The van der Waals surface area contributed by atoms with Crippen LogP contribution in [0.25, 0.3) is 0 Å². The molecule has 0 heterocycles. The number of unbranched alkanes of at least 4 members (excludes halogenated alkanes) is 1. The van der Waals surface area contributed by atoms with E-state index in [-0.39, 0.29) is 24.8 Å². The SMILES string of the molecule is CCCCN(CC(N)=O)Cc1ccc(CC(=O)NN)cc1. The molecule has 1 aromatic rings. The predicted octanol–water partition coefficient (Wildman–Crippen LogP) is 0.306.